The molecule has 0 aromatic heterocycles. The van der Waals surface area contributed by atoms with Gasteiger partial charge in [0.05, 0.1) is 0 Å². The Morgan fingerprint density at radius 1 is 0.921 bits per heavy atom. The van der Waals surface area contributed by atoms with Crippen LogP contribution in [0.5, 0.6) is 5.75 Å². The number of hydrogen-bond donors (Lipinski definition) is 1. The summed E-state index contributed by atoms with van der Waals surface area (Å²) in [4.78, 5) is 29.2. The highest BCUT2D eigenvalue weighted by Crippen LogP contribution is 2.28. The minimum Gasteiger partial charge on any atom is -0.484 e. The molecule has 0 heterocycles. The van der Waals surface area contributed by atoms with Gasteiger partial charge < -0.3 is 15.0 Å². The maximum Gasteiger partial charge on any atom is 0.261 e. The van der Waals surface area contributed by atoms with Gasteiger partial charge in [0.2, 0.25) is 5.91 Å². The number of aryl methyl sites for hydroxylation is 1. The van der Waals surface area contributed by atoms with Crippen LogP contribution in [0.3, 0.4) is 0 Å². The second-order valence-electron chi connectivity index (χ2n) is 9.83. The van der Waals surface area contributed by atoms with Gasteiger partial charge in [-0.25, -0.2) is 0 Å². The van der Waals surface area contributed by atoms with E-state index in [4.69, 9.17) is 27.9 Å². The molecule has 1 aliphatic carbocycles. The van der Waals surface area contributed by atoms with Crippen molar-refractivity contribution in [1.82, 2.24) is 10.2 Å². The van der Waals surface area contributed by atoms with Crippen molar-refractivity contribution in [2.75, 3.05) is 6.61 Å². The first kappa shape index (κ1) is 28.0. The Morgan fingerprint density at radius 3 is 2.26 bits per heavy atom. The molecule has 0 unspecified atom stereocenters. The lowest BCUT2D eigenvalue weighted by Crippen LogP contribution is -2.53. The van der Waals surface area contributed by atoms with Gasteiger partial charge in [0.15, 0.2) is 6.61 Å². The molecule has 7 heteroatoms. The zero-order valence-electron chi connectivity index (χ0n) is 21.7. The van der Waals surface area contributed by atoms with E-state index in [-0.39, 0.29) is 31.0 Å². The number of carbonyl (C=O) groups is 2. The summed E-state index contributed by atoms with van der Waals surface area (Å²) in [5.74, 6) is 0.139. The summed E-state index contributed by atoms with van der Waals surface area (Å²) in [6.07, 6.45) is 5.63. The fraction of sp³-hybridized carbons (Fsp3) is 0.355. The quantitative estimate of drug-likeness (QED) is 0.302. The summed E-state index contributed by atoms with van der Waals surface area (Å²) in [5, 5.41) is 4.12. The Bertz CT molecular complexity index is 1210. The number of amides is 2. The summed E-state index contributed by atoms with van der Waals surface area (Å²) < 4.78 is 5.92. The van der Waals surface area contributed by atoms with Crippen LogP contribution in [0.2, 0.25) is 10.0 Å². The molecule has 1 atom stereocenters. The third kappa shape index (κ3) is 7.52. The molecule has 38 heavy (non-hydrogen) atoms. The molecule has 3 aromatic carbocycles. The summed E-state index contributed by atoms with van der Waals surface area (Å²) in [7, 11) is 0. The van der Waals surface area contributed by atoms with Crippen molar-refractivity contribution in [2.45, 2.75) is 64.1 Å². The number of benzene rings is 3. The number of nitrogens with one attached hydrogen (secondary N) is 1. The lowest BCUT2D eigenvalue weighted by atomic mass is 9.94. The fourth-order valence-corrected chi connectivity index (χ4v) is 5.41. The van der Waals surface area contributed by atoms with Gasteiger partial charge in [0.25, 0.3) is 5.91 Å². The number of para-hydroxylation sites is 1. The van der Waals surface area contributed by atoms with Crippen LogP contribution >= 0.6 is 23.2 Å². The van der Waals surface area contributed by atoms with E-state index >= 15 is 0 Å². The molecule has 200 valence electrons. The molecule has 1 aliphatic rings. The Hall–Kier alpha value is -3.02. The van der Waals surface area contributed by atoms with Crippen molar-refractivity contribution in [2.24, 2.45) is 0 Å². The van der Waals surface area contributed by atoms with E-state index in [9.17, 15) is 9.59 Å². The van der Waals surface area contributed by atoms with Crippen LogP contribution in [0.1, 0.15) is 48.8 Å². The molecular weight excluding hydrogens is 519 g/mol. The maximum absolute atomic E-state index is 13.8. The monoisotopic (exact) mass is 552 g/mol. The standard InChI is InChI=1S/C31H34Cl2N2O3/c1-22-11-8-9-18-29(22)38-21-30(36)35(20-25-26(32)16-10-17-27(25)33)28(19-23-12-4-2-5-13-23)31(37)34-24-14-6-3-7-15-24/h2,4-5,8-13,16-18,24,28H,3,6-7,14-15,19-21H2,1H3,(H,34,37)/t28-/m0/s1. The average Bonchev–Trinajstić information content (AvgIpc) is 2.92. The smallest absolute Gasteiger partial charge is 0.261 e. The zero-order chi connectivity index (χ0) is 26.9. The lowest BCUT2D eigenvalue weighted by Gasteiger charge is -2.33. The molecule has 1 saturated carbocycles. The predicted molar refractivity (Wildman–Crippen MR) is 153 cm³/mol. The SMILES string of the molecule is Cc1ccccc1OCC(=O)N(Cc1c(Cl)cccc1Cl)[C@@H](Cc1ccccc1)C(=O)NC1CCCCC1. The van der Waals surface area contributed by atoms with Crippen molar-refractivity contribution in [1.29, 1.82) is 0 Å². The first-order valence-electron chi connectivity index (χ1n) is 13.2. The highest BCUT2D eigenvalue weighted by Gasteiger charge is 2.33. The van der Waals surface area contributed by atoms with Crippen LogP contribution in [0, 0.1) is 6.92 Å². The van der Waals surface area contributed by atoms with Gasteiger partial charge in [-0.3, -0.25) is 9.59 Å². The number of halogens is 2. The lowest BCUT2D eigenvalue weighted by molar-refractivity contribution is -0.143. The first-order chi connectivity index (χ1) is 18.4. The van der Waals surface area contributed by atoms with Crippen molar-refractivity contribution in [3.8, 4) is 5.75 Å². The summed E-state index contributed by atoms with van der Waals surface area (Å²) >= 11 is 13.0. The normalized spacial score (nSPS) is 14.5. The van der Waals surface area contributed by atoms with Crippen LogP contribution in [-0.2, 0) is 22.6 Å². The van der Waals surface area contributed by atoms with Crippen LogP contribution in [0.4, 0.5) is 0 Å². The van der Waals surface area contributed by atoms with Gasteiger partial charge in [0, 0.05) is 34.6 Å². The third-order valence-electron chi connectivity index (χ3n) is 7.06. The van der Waals surface area contributed by atoms with Crippen molar-refractivity contribution in [3.05, 3.63) is 99.5 Å². The highest BCUT2D eigenvalue weighted by atomic mass is 35.5. The molecule has 3 aromatic rings. The molecule has 5 nitrogen and oxygen atoms in total. The van der Waals surface area contributed by atoms with E-state index < -0.39 is 6.04 Å². The predicted octanol–water partition coefficient (Wildman–Crippen LogP) is 6.77. The minimum absolute atomic E-state index is 0.0874. The van der Waals surface area contributed by atoms with Gasteiger partial charge in [-0.15, -0.1) is 0 Å². The molecule has 0 saturated heterocycles. The van der Waals surface area contributed by atoms with E-state index in [1.165, 1.54) is 6.42 Å². The van der Waals surface area contributed by atoms with Gasteiger partial charge in [-0.1, -0.05) is 97.1 Å². The number of ether oxygens (including phenoxy) is 1. The molecule has 2 amide bonds. The molecule has 1 fully saturated rings. The zero-order valence-corrected chi connectivity index (χ0v) is 23.2. The summed E-state index contributed by atoms with van der Waals surface area (Å²) in [5.41, 5.74) is 2.49. The topological polar surface area (TPSA) is 58.6 Å². The molecule has 0 spiro atoms. The highest BCUT2D eigenvalue weighted by molar-refractivity contribution is 6.36. The van der Waals surface area contributed by atoms with E-state index in [2.05, 4.69) is 5.32 Å². The number of nitrogens with zero attached hydrogens (tertiary/aromatic N) is 1. The molecular formula is C31H34Cl2N2O3. The summed E-state index contributed by atoms with van der Waals surface area (Å²) in [6, 6.07) is 21.9. The molecule has 1 N–H and O–H groups in total. The average molecular weight is 554 g/mol. The third-order valence-corrected chi connectivity index (χ3v) is 7.77. The van der Waals surface area contributed by atoms with Crippen LogP contribution in [-0.4, -0.2) is 35.4 Å². The van der Waals surface area contributed by atoms with Crippen LogP contribution in [0.25, 0.3) is 0 Å². The van der Waals surface area contributed by atoms with E-state index in [0.717, 1.165) is 36.8 Å². The number of hydrogen-bond acceptors (Lipinski definition) is 3. The van der Waals surface area contributed by atoms with Crippen LogP contribution < -0.4 is 10.1 Å². The van der Waals surface area contributed by atoms with Gasteiger partial charge in [-0.05, 0) is 49.1 Å². The van der Waals surface area contributed by atoms with Gasteiger partial charge in [-0.2, -0.15) is 0 Å². The fourth-order valence-electron chi connectivity index (χ4n) is 4.89. The number of carbonyl (C=O) groups excluding carboxylic acids is 2. The maximum atomic E-state index is 13.8. The molecule has 0 aliphatic heterocycles. The second kappa shape index (κ2) is 13.7. The van der Waals surface area contributed by atoms with Crippen LogP contribution in [0.15, 0.2) is 72.8 Å². The van der Waals surface area contributed by atoms with Crippen molar-refractivity contribution >= 4 is 35.0 Å². The second-order valence-corrected chi connectivity index (χ2v) is 10.6. The summed E-state index contributed by atoms with van der Waals surface area (Å²) in [6.45, 7) is 1.80. The first-order valence-corrected chi connectivity index (χ1v) is 13.9. The number of rotatable bonds is 10. The Kier molecular flexibility index (Phi) is 10.1. The Morgan fingerprint density at radius 2 is 1.58 bits per heavy atom. The Balaban J connectivity index is 1.65. The largest absolute Gasteiger partial charge is 0.484 e. The Labute approximate surface area is 235 Å². The van der Waals surface area contributed by atoms with E-state index in [1.807, 2.05) is 61.5 Å². The van der Waals surface area contributed by atoms with E-state index in [1.54, 1.807) is 23.1 Å². The van der Waals surface area contributed by atoms with Gasteiger partial charge >= 0.3 is 0 Å². The molecule has 0 radical (unpaired) electrons. The molecule has 0 bridgehead atoms. The van der Waals surface area contributed by atoms with Crippen molar-refractivity contribution in [3.63, 3.8) is 0 Å². The van der Waals surface area contributed by atoms with E-state index in [0.29, 0.717) is 27.8 Å². The molecule has 4 rings (SSSR count). The minimum atomic E-state index is -0.764. The van der Waals surface area contributed by atoms with Gasteiger partial charge in [0.1, 0.15) is 11.8 Å². The van der Waals surface area contributed by atoms with Crippen molar-refractivity contribution < 1.29 is 14.3 Å².